The molecule has 1 aromatic rings. The molecule has 0 aliphatic carbocycles. The minimum Gasteiger partial charge on any atom is -0.480 e. The van der Waals surface area contributed by atoms with E-state index in [1.165, 1.54) is 0 Å². The summed E-state index contributed by atoms with van der Waals surface area (Å²) in [5.74, 6) is 0.825. The fraction of sp³-hybridized carbons (Fsp3) is 0.562. The average molecular weight is 276 g/mol. The van der Waals surface area contributed by atoms with Crippen molar-refractivity contribution < 1.29 is 9.53 Å². The Morgan fingerprint density at radius 1 is 1.40 bits per heavy atom. The second kappa shape index (κ2) is 7.29. The molecule has 0 spiro atoms. The van der Waals surface area contributed by atoms with E-state index in [9.17, 15) is 4.79 Å². The van der Waals surface area contributed by atoms with Crippen molar-refractivity contribution in [3.05, 3.63) is 29.8 Å². The van der Waals surface area contributed by atoms with Crippen molar-refractivity contribution in [2.45, 2.75) is 44.8 Å². The first-order chi connectivity index (χ1) is 9.76. The molecule has 4 heteroatoms. The standard InChI is InChI=1S/C16H24N2O2/c1-3-13(17-2)12-8-4-5-9-14(12)20-15-10-6-7-11-18-16(15)19/h4-5,8-9,13,15,17H,3,6-7,10-11H2,1-2H3,(H,18,19). The maximum atomic E-state index is 12.0. The molecule has 1 heterocycles. The normalized spacial score (nSPS) is 20.9. The van der Waals surface area contributed by atoms with Crippen molar-refractivity contribution >= 4 is 5.91 Å². The number of carbonyl (C=O) groups excluding carboxylic acids is 1. The van der Waals surface area contributed by atoms with Gasteiger partial charge in [-0.05, 0) is 38.8 Å². The quantitative estimate of drug-likeness (QED) is 0.868. The van der Waals surface area contributed by atoms with Gasteiger partial charge in [0.05, 0.1) is 0 Å². The van der Waals surface area contributed by atoms with Gasteiger partial charge in [0.25, 0.3) is 5.91 Å². The molecule has 0 aromatic heterocycles. The Hall–Kier alpha value is -1.55. The molecule has 0 bridgehead atoms. The lowest BCUT2D eigenvalue weighted by atomic mass is 10.0. The zero-order valence-corrected chi connectivity index (χ0v) is 12.3. The summed E-state index contributed by atoms with van der Waals surface area (Å²) in [6.07, 6.45) is 3.45. The summed E-state index contributed by atoms with van der Waals surface area (Å²) < 4.78 is 6.01. The molecule has 0 radical (unpaired) electrons. The van der Waals surface area contributed by atoms with E-state index in [1.807, 2.05) is 25.2 Å². The summed E-state index contributed by atoms with van der Waals surface area (Å²) in [7, 11) is 1.95. The third kappa shape index (κ3) is 3.51. The average Bonchev–Trinajstić information content (AvgIpc) is 2.67. The molecule has 1 aliphatic rings. The summed E-state index contributed by atoms with van der Waals surface area (Å²) >= 11 is 0. The monoisotopic (exact) mass is 276 g/mol. The first-order valence-corrected chi connectivity index (χ1v) is 7.46. The lowest BCUT2D eigenvalue weighted by Gasteiger charge is -2.22. The zero-order valence-electron chi connectivity index (χ0n) is 12.3. The maximum absolute atomic E-state index is 12.0. The Morgan fingerprint density at radius 3 is 2.95 bits per heavy atom. The van der Waals surface area contributed by atoms with Crippen LogP contribution in [0.3, 0.4) is 0 Å². The SMILES string of the molecule is CCC(NC)c1ccccc1OC1CCCCNC1=O. The molecule has 110 valence electrons. The molecule has 1 fully saturated rings. The zero-order chi connectivity index (χ0) is 14.4. The van der Waals surface area contributed by atoms with Gasteiger partial charge in [-0.1, -0.05) is 25.1 Å². The predicted molar refractivity (Wildman–Crippen MR) is 79.8 cm³/mol. The van der Waals surface area contributed by atoms with Gasteiger partial charge in [0.2, 0.25) is 0 Å². The molecule has 1 saturated heterocycles. The Labute approximate surface area is 120 Å². The van der Waals surface area contributed by atoms with Crippen LogP contribution in [0.1, 0.15) is 44.2 Å². The smallest absolute Gasteiger partial charge is 0.261 e. The van der Waals surface area contributed by atoms with Crippen molar-refractivity contribution in [2.75, 3.05) is 13.6 Å². The number of hydrogen-bond donors (Lipinski definition) is 2. The van der Waals surface area contributed by atoms with E-state index in [1.54, 1.807) is 0 Å². The third-order valence-corrected chi connectivity index (χ3v) is 3.81. The van der Waals surface area contributed by atoms with Crippen LogP contribution in [0.4, 0.5) is 0 Å². The van der Waals surface area contributed by atoms with Gasteiger partial charge in [0, 0.05) is 18.2 Å². The van der Waals surface area contributed by atoms with Crippen molar-refractivity contribution in [2.24, 2.45) is 0 Å². The van der Waals surface area contributed by atoms with Crippen LogP contribution in [0, 0.1) is 0 Å². The first-order valence-electron chi connectivity index (χ1n) is 7.46. The number of para-hydroxylation sites is 1. The molecule has 0 saturated carbocycles. The molecule has 2 N–H and O–H groups in total. The highest BCUT2D eigenvalue weighted by atomic mass is 16.5. The Kier molecular flexibility index (Phi) is 5.41. The Balaban J connectivity index is 2.17. The fourth-order valence-electron chi connectivity index (χ4n) is 2.63. The maximum Gasteiger partial charge on any atom is 0.261 e. The second-order valence-electron chi connectivity index (χ2n) is 5.18. The van der Waals surface area contributed by atoms with Gasteiger partial charge in [0.15, 0.2) is 6.10 Å². The molecule has 4 nitrogen and oxygen atoms in total. The number of nitrogens with one attached hydrogen (secondary N) is 2. The lowest BCUT2D eigenvalue weighted by Crippen LogP contribution is -2.36. The number of benzene rings is 1. The summed E-state index contributed by atoms with van der Waals surface area (Å²) in [5.41, 5.74) is 1.12. The minimum absolute atomic E-state index is 0.00908. The number of amides is 1. The summed E-state index contributed by atoms with van der Waals surface area (Å²) in [6.45, 7) is 2.89. The number of rotatable bonds is 5. The highest BCUT2D eigenvalue weighted by molar-refractivity contribution is 5.81. The Bertz CT molecular complexity index is 444. The lowest BCUT2D eigenvalue weighted by molar-refractivity contribution is -0.127. The first kappa shape index (κ1) is 14.9. The molecule has 2 unspecified atom stereocenters. The molecule has 1 amide bonds. The van der Waals surface area contributed by atoms with Crippen molar-refractivity contribution in [1.29, 1.82) is 0 Å². The third-order valence-electron chi connectivity index (χ3n) is 3.81. The van der Waals surface area contributed by atoms with Crippen molar-refractivity contribution in [3.63, 3.8) is 0 Å². The van der Waals surface area contributed by atoms with Crippen LogP contribution in [0.15, 0.2) is 24.3 Å². The van der Waals surface area contributed by atoms with Gasteiger partial charge >= 0.3 is 0 Å². The van der Waals surface area contributed by atoms with E-state index in [2.05, 4.69) is 23.6 Å². The molecule has 2 atom stereocenters. The van der Waals surface area contributed by atoms with Crippen LogP contribution in [0.5, 0.6) is 5.75 Å². The topological polar surface area (TPSA) is 50.4 Å². The molecular weight excluding hydrogens is 252 g/mol. The molecule has 2 rings (SSSR count). The molecule has 1 aliphatic heterocycles. The van der Waals surface area contributed by atoms with E-state index >= 15 is 0 Å². The van der Waals surface area contributed by atoms with Gasteiger partial charge < -0.3 is 15.4 Å². The number of ether oxygens (including phenoxy) is 1. The van der Waals surface area contributed by atoms with Crippen LogP contribution in [0.2, 0.25) is 0 Å². The van der Waals surface area contributed by atoms with Crippen LogP contribution >= 0.6 is 0 Å². The summed E-state index contributed by atoms with van der Waals surface area (Å²) in [6, 6.07) is 8.23. The molecular formula is C16H24N2O2. The minimum atomic E-state index is -0.368. The van der Waals surface area contributed by atoms with Gasteiger partial charge in [0.1, 0.15) is 5.75 Å². The van der Waals surface area contributed by atoms with E-state index in [0.29, 0.717) is 0 Å². The molecule has 1 aromatic carbocycles. The van der Waals surface area contributed by atoms with Crippen molar-refractivity contribution in [1.82, 2.24) is 10.6 Å². The van der Waals surface area contributed by atoms with Gasteiger partial charge in [-0.3, -0.25) is 4.79 Å². The highest BCUT2D eigenvalue weighted by Gasteiger charge is 2.24. The largest absolute Gasteiger partial charge is 0.480 e. The number of carbonyl (C=O) groups is 1. The molecule has 20 heavy (non-hydrogen) atoms. The van der Waals surface area contributed by atoms with Gasteiger partial charge in [-0.25, -0.2) is 0 Å². The van der Waals surface area contributed by atoms with Crippen molar-refractivity contribution in [3.8, 4) is 5.75 Å². The summed E-state index contributed by atoms with van der Waals surface area (Å²) in [4.78, 5) is 12.0. The van der Waals surface area contributed by atoms with Crippen LogP contribution < -0.4 is 15.4 Å². The van der Waals surface area contributed by atoms with Crippen LogP contribution in [-0.2, 0) is 4.79 Å². The Morgan fingerprint density at radius 2 is 2.20 bits per heavy atom. The van der Waals surface area contributed by atoms with E-state index in [-0.39, 0.29) is 18.1 Å². The van der Waals surface area contributed by atoms with Gasteiger partial charge in [-0.15, -0.1) is 0 Å². The van der Waals surface area contributed by atoms with Crippen LogP contribution in [-0.4, -0.2) is 25.6 Å². The van der Waals surface area contributed by atoms with E-state index < -0.39 is 0 Å². The van der Waals surface area contributed by atoms with Gasteiger partial charge in [-0.2, -0.15) is 0 Å². The predicted octanol–water partition coefficient (Wildman–Crippen LogP) is 2.40. The highest BCUT2D eigenvalue weighted by Crippen LogP contribution is 2.28. The fourth-order valence-corrected chi connectivity index (χ4v) is 2.63. The van der Waals surface area contributed by atoms with E-state index in [0.717, 1.165) is 43.5 Å². The van der Waals surface area contributed by atoms with E-state index in [4.69, 9.17) is 4.74 Å². The summed E-state index contributed by atoms with van der Waals surface area (Å²) in [5, 5.41) is 6.20. The number of hydrogen-bond acceptors (Lipinski definition) is 3. The van der Waals surface area contributed by atoms with Crippen LogP contribution in [0.25, 0.3) is 0 Å². The second-order valence-corrected chi connectivity index (χ2v) is 5.18.